The van der Waals surface area contributed by atoms with E-state index < -0.39 is 0 Å². The van der Waals surface area contributed by atoms with Crippen molar-refractivity contribution >= 4 is 34.7 Å². The number of nitrogens with one attached hydrogen (secondary N) is 1. The van der Waals surface area contributed by atoms with Crippen molar-refractivity contribution in [3.8, 4) is 10.6 Å². The van der Waals surface area contributed by atoms with Gasteiger partial charge in [-0.15, -0.1) is 11.3 Å². The first kappa shape index (κ1) is 17.6. The van der Waals surface area contributed by atoms with Crippen molar-refractivity contribution in [2.75, 3.05) is 5.32 Å². The number of aromatic nitrogens is 3. The van der Waals surface area contributed by atoms with Crippen molar-refractivity contribution in [3.05, 3.63) is 52.1 Å². The van der Waals surface area contributed by atoms with E-state index in [1.807, 2.05) is 62.7 Å². The zero-order valence-electron chi connectivity index (χ0n) is 14.5. The maximum atomic E-state index is 12.6. The topological polar surface area (TPSA) is 59.8 Å². The molecule has 0 radical (unpaired) electrons. The molecule has 0 atom stereocenters. The summed E-state index contributed by atoms with van der Waals surface area (Å²) >= 11 is 7.33. The molecular weight excluding hydrogens is 356 g/mol. The van der Waals surface area contributed by atoms with Gasteiger partial charge in [0.2, 0.25) is 0 Å². The van der Waals surface area contributed by atoms with Gasteiger partial charge in [-0.05, 0) is 39.8 Å². The summed E-state index contributed by atoms with van der Waals surface area (Å²) in [6, 6.07) is 9.25. The van der Waals surface area contributed by atoms with Crippen LogP contribution in [0.4, 0.5) is 5.82 Å². The Morgan fingerprint density at radius 2 is 1.92 bits per heavy atom. The van der Waals surface area contributed by atoms with Gasteiger partial charge in [-0.2, -0.15) is 5.10 Å². The average Bonchev–Trinajstić information content (AvgIpc) is 3.14. The summed E-state index contributed by atoms with van der Waals surface area (Å²) in [5, 5.41) is 10.6. The molecule has 0 fully saturated rings. The lowest BCUT2D eigenvalue weighted by Gasteiger charge is -2.22. The Balaban J connectivity index is 1.82. The van der Waals surface area contributed by atoms with Crippen molar-refractivity contribution in [1.29, 1.82) is 0 Å². The SMILES string of the molecule is Cc1cc(NC(=O)c2csc(-c3ccc(Cl)cc3)n2)n(C(C)(C)C)n1. The molecule has 0 aliphatic rings. The van der Waals surface area contributed by atoms with Gasteiger partial charge in [0.1, 0.15) is 16.5 Å². The third-order valence-corrected chi connectivity index (χ3v) is 4.68. The van der Waals surface area contributed by atoms with Crippen LogP contribution in [0, 0.1) is 6.92 Å². The fourth-order valence-corrected chi connectivity index (χ4v) is 3.32. The maximum Gasteiger partial charge on any atom is 0.276 e. The molecule has 1 aromatic carbocycles. The predicted octanol–water partition coefficient (Wildman–Crippen LogP) is 4.98. The fourth-order valence-electron chi connectivity index (χ4n) is 2.38. The van der Waals surface area contributed by atoms with Crippen LogP contribution < -0.4 is 5.32 Å². The van der Waals surface area contributed by atoms with E-state index in [1.165, 1.54) is 11.3 Å². The number of carbonyl (C=O) groups is 1. The minimum Gasteiger partial charge on any atom is -0.305 e. The van der Waals surface area contributed by atoms with E-state index in [1.54, 1.807) is 5.38 Å². The first-order valence-electron chi connectivity index (χ1n) is 7.84. The normalized spacial score (nSPS) is 11.6. The molecule has 3 aromatic rings. The van der Waals surface area contributed by atoms with Crippen LogP contribution in [0.2, 0.25) is 5.02 Å². The quantitative estimate of drug-likeness (QED) is 0.703. The minimum atomic E-state index is -0.248. The van der Waals surface area contributed by atoms with Gasteiger partial charge in [0.25, 0.3) is 5.91 Å². The van der Waals surface area contributed by atoms with Crippen molar-refractivity contribution in [2.45, 2.75) is 33.2 Å². The number of anilines is 1. The molecule has 2 heterocycles. The van der Waals surface area contributed by atoms with Gasteiger partial charge >= 0.3 is 0 Å². The van der Waals surface area contributed by atoms with Gasteiger partial charge in [0.15, 0.2) is 0 Å². The highest BCUT2D eigenvalue weighted by molar-refractivity contribution is 7.13. The van der Waals surface area contributed by atoms with Crippen molar-refractivity contribution in [1.82, 2.24) is 14.8 Å². The molecule has 0 aliphatic carbocycles. The van der Waals surface area contributed by atoms with Crippen LogP contribution in [0.25, 0.3) is 10.6 Å². The summed E-state index contributed by atoms with van der Waals surface area (Å²) in [7, 11) is 0. The van der Waals surface area contributed by atoms with Crippen LogP contribution in [-0.4, -0.2) is 20.7 Å². The summed E-state index contributed by atoms with van der Waals surface area (Å²) in [4.78, 5) is 17.0. The Hall–Kier alpha value is -2.18. The highest BCUT2D eigenvalue weighted by atomic mass is 35.5. The summed E-state index contributed by atoms with van der Waals surface area (Å²) in [6.07, 6.45) is 0. The van der Waals surface area contributed by atoms with E-state index in [2.05, 4.69) is 15.4 Å². The molecule has 5 nitrogen and oxygen atoms in total. The molecule has 0 spiro atoms. The zero-order chi connectivity index (χ0) is 18.2. The number of amides is 1. The highest BCUT2D eigenvalue weighted by Crippen LogP contribution is 2.26. The molecular formula is C18H19ClN4OS. The molecule has 0 unspecified atom stereocenters. The number of rotatable bonds is 3. The largest absolute Gasteiger partial charge is 0.305 e. The lowest BCUT2D eigenvalue weighted by molar-refractivity contribution is 0.102. The highest BCUT2D eigenvalue weighted by Gasteiger charge is 2.21. The van der Waals surface area contributed by atoms with Crippen LogP contribution in [0.3, 0.4) is 0 Å². The van der Waals surface area contributed by atoms with Gasteiger partial charge in [0.05, 0.1) is 11.2 Å². The number of hydrogen-bond acceptors (Lipinski definition) is 4. The first-order chi connectivity index (χ1) is 11.7. The second-order valence-electron chi connectivity index (χ2n) is 6.75. The summed E-state index contributed by atoms with van der Waals surface area (Å²) < 4.78 is 1.81. The second kappa shape index (κ2) is 6.61. The number of thiazole rings is 1. The van der Waals surface area contributed by atoms with Crippen LogP contribution in [0.1, 0.15) is 37.0 Å². The fraction of sp³-hybridized carbons (Fsp3) is 0.278. The molecule has 2 aromatic heterocycles. The third-order valence-electron chi connectivity index (χ3n) is 3.54. The molecule has 3 rings (SSSR count). The van der Waals surface area contributed by atoms with Gasteiger partial charge in [-0.25, -0.2) is 9.67 Å². The molecule has 0 saturated carbocycles. The smallest absolute Gasteiger partial charge is 0.276 e. The Morgan fingerprint density at radius 3 is 2.56 bits per heavy atom. The van der Waals surface area contributed by atoms with E-state index in [-0.39, 0.29) is 11.4 Å². The Labute approximate surface area is 155 Å². The van der Waals surface area contributed by atoms with E-state index in [4.69, 9.17) is 11.6 Å². The van der Waals surface area contributed by atoms with Crippen LogP contribution >= 0.6 is 22.9 Å². The standard InChI is InChI=1S/C18H19ClN4OS/c1-11-9-15(23(22-11)18(2,3)4)21-16(24)14-10-25-17(20-14)12-5-7-13(19)8-6-12/h5-10H,1-4H3,(H,21,24). The Bertz CT molecular complexity index is 906. The molecule has 130 valence electrons. The first-order valence-corrected chi connectivity index (χ1v) is 9.10. The third kappa shape index (κ3) is 3.91. The van der Waals surface area contributed by atoms with E-state index in [0.717, 1.165) is 16.3 Å². The number of nitrogens with zero attached hydrogens (tertiary/aromatic N) is 3. The van der Waals surface area contributed by atoms with Gasteiger partial charge in [-0.3, -0.25) is 4.79 Å². The number of benzene rings is 1. The number of carbonyl (C=O) groups excluding carboxylic acids is 1. The Morgan fingerprint density at radius 1 is 1.24 bits per heavy atom. The van der Waals surface area contributed by atoms with Crippen LogP contribution in [-0.2, 0) is 5.54 Å². The van der Waals surface area contributed by atoms with Crippen LogP contribution in [0.5, 0.6) is 0 Å². The van der Waals surface area contributed by atoms with Gasteiger partial charge in [0, 0.05) is 22.0 Å². The summed E-state index contributed by atoms with van der Waals surface area (Å²) in [6.45, 7) is 8.02. The van der Waals surface area contributed by atoms with Gasteiger partial charge < -0.3 is 5.32 Å². The lowest BCUT2D eigenvalue weighted by atomic mass is 10.1. The molecule has 7 heteroatoms. The minimum absolute atomic E-state index is 0.229. The maximum absolute atomic E-state index is 12.6. The lowest BCUT2D eigenvalue weighted by Crippen LogP contribution is -2.26. The summed E-state index contributed by atoms with van der Waals surface area (Å²) in [5.74, 6) is 0.415. The molecule has 1 amide bonds. The Kier molecular flexibility index (Phi) is 4.67. The molecule has 1 N–H and O–H groups in total. The molecule has 25 heavy (non-hydrogen) atoms. The number of halogens is 1. The van der Waals surface area contributed by atoms with Crippen molar-refractivity contribution < 1.29 is 4.79 Å². The average molecular weight is 375 g/mol. The molecule has 0 bridgehead atoms. The molecule has 0 aliphatic heterocycles. The van der Waals surface area contributed by atoms with E-state index >= 15 is 0 Å². The molecule has 0 saturated heterocycles. The predicted molar refractivity (Wildman–Crippen MR) is 102 cm³/mol. The monoisotopic (exact) mass is 374 g/mol. The number of hydrogen-bond donors (Lipinski definition) is 1. The van der Waals surface area contributed by atoms with Crippen LogP contribution in [0.15, 0.2) is 35.7 Å². The van der Waals surface area contributed by atoms with Crippen molar-refractivity contribution in [3.63, 3.8) is 0 Å². The number of aryl methyl sites for hydroxylation is 1. The zero-order valence-corrected chi connectivity index (χ0v) is 16.1. The second-order valence-corrected chi connectivity index (χ2v) is 8.05. The van der Waals surface area contributed by atoms with Crippen molar-refractivity contribution in [2.24, 2.45) is 0 Å². The van der Waals surface area contributed by atoms with Gasteiger partial charge in [-0.1, -0.05) is 23.7 Å². The van der Waals surface area contributed by atoms with E-state index in [9.17, 15) is 4.79 Å². The summed E-state index contributed by atoms with van der Waals surface area (Å²) in [5.41, 5.74) is 1.94. The van der Waals surface area contributed by atoms with E-state index in [0.29, 0.717) is 16.5 Å².